The second-order valence-corrected chi connectivity index (χ2v) is 3.82. The van der Waals surface area contributed by atoms with Crippen molar-refractivity contribution in [2.24, 2.45) is 5.10 Å². The molecular formula is C14H14N2O3. The van der Waals surface area contributed by atoms with E-state index >= 15 is 0 Å². The molecule has 0 radical (unpaired) electrons. The molecule has 0 bridgehead atoms. The molecule has 2 N–H and O–H groups in total. The minimum atomic E-state index is -0.626. The third kappa shape index (κ3) is 3.01. The lowest BCUT2D eigenvalue weighted by molar-refractivity contribution is 0.152. The summed E-state index contributed by atoms with van der Waals surface area (Å²) in [7, 11) is 0. The van der Waals surface area contributed by atoms with E-state index in [1.165, 1.54) is 6.21 Å². The summed E-state index contributed by atoms with van der Waals surface area (Å²) in [6.45, 7) is 1.99. The van der Waals surface area contributed by atoms with Gasteiger partial charge in [-0.05, 0) is 18.4 Å². The van der Waals surface area contributed by atoms with Crippen molar-refractivity contribution in [3.8, 4) is 5.75 Å². The quantitative estimate of drug-likeness (QED) is 0.656. The van der Waals surface area contributed by atoms with Gasteiger partial charge in [-0.2, -0.15) is 5.10 Å². The summed E-state index contributed by atoms with van der Waals surface area (Å²) in [5.74, 6) is 0.132. The van der Waals surface area contributed by atoms with Gasteiger partial charge in [0.25, 0.3) is 0 Å². The van der Waals surface area contributed by atoms with E-state index in [0.717, 1.165) is 10.8 Å². The maximum Gasteiger partial charge on any atom is 0.427 e. The third-order valence-corrected chi connectivity index (χ3v) is 2.57. The number of carbonyl (C=O) groups is 1. The Morgan fingerprint density at radius 1 is 1.37 bits per heavy atom. The predicted molar refractivity (Wildman–Crippen MR) is 73.4 cm³/mol. The molecule has 0 aliphatic rings. The fourth-order valence-electron chi connectivity index (χ4n) is 1.69. The number of ether oxygens (including phenoxy) is 1. The number of fused-ring (bicyclic) bond motifs is 1. The van der Waals surface area contributed by atoms with Crippen LogP contribution in [0.3, 0.4) is 0 Å². The van der Waals surface area contributed by atoms with Gasteiger partial charge in [-0.15, -0.1) is 0 Å². The van der Waals surface area contributed by atoms with Crippen molar-refractivity contribution in [3.05, 3.63) is 42.0 Å². The molecule has 5 heteroatoms. The first kappa shape index (κ1) is 12.9. The Bertz CT molecular complexity index is 623. The predicted octanol–water partition coefficient (Wildman–Crippen LogP) is 2.63. The Morgan fingerprint density at radius 3 is 2.95 bits per heavy atom. The third-order valence-electron chi connectivity index (χ3n) is 2.57. The highest BCUT2D eigenvalue weighted by Crippen LogP contribution is 2.27. The van der Waals surface area contributed by atoms with E-state index in [0.29, 0.717) is 5.56 Å². The summed E-state index contributed by atoms with van der Waals surface area (Å²) >= 11 is 0. The van der Waals surface area contributed by atoms with Crippen molar-refractivity contribution in [1.82, 2.24) is 5.43 Å². The zero-order valence-corrected chi connectivity index (χ0v) is 10.5. The Hall–Kier alpha value is -2.56. The molecule has 0 aliphatic heterocycles. The van der Waals surface area contributed by atoms with Gasteiger partial charge < -0.3 is 9.84 Å². The van der Waals surface area contributed by atoms with Gasteiger partial charge in [-0.1, -0.05) is 30.3 Å². The largest absolute Gasteiger partial charge is 0.507 e. The molecule has 0 saturated carbocycles. The van der Waals surface area contributed by atoms with Crippen molar-refractivity contribution in [2.45, 2.75) is 6.92 Å². The van der Waals surface area contributed by atoms with Crippen LogP contribution in [0.25, 0.3) is 10.8 Å². The van der Waals surface area contributed by atoms with Crippen LogP contribution in [0, 0.1) is 0 Å². The highest BCUT2D eigenvalue weighted by molar-refractivity contribution is 5.97. The molecule has 19 heavy (non-hydrogen) atoms. The van der Waals surface area contributed by atoms with Crippen molar-refractivity contribution in [3.63, 3.8) is 0 Å². The van der Waals surface area contributed by atoms with Crippen LogP contribution in [0.15, 0.2) is 41.5 Å². The Labute approximate surface area is 110 Å². The second kappa shape index (κ2) is 5.86. The van der Waals surface area contributed by atoms with Gasteiger partial charge in [-0.3, -0.25) is 0 Å². The van der Waals surface area contributed by atoms with E-state index in [-0.39, 0.29) is 12.4 Å². The number of amides is 1. The van der Waals surface area contributed by atoms with E-state index in [1.807, 2.05) is 30.3 Å². The summed E-state index contributed by atoms with van der Waals surface area (Å²) in [5.41, 5.74) is 2.73. The number of phenols is 1. The molecule has 0 aliphatic carbocycles. The molecule has 2 rings (SSSR count). The lowest BCUT2D eigenvalue weighted by Crippen LogP contribution is -2.18. The Balaban J connectivity index is 2.19. The average molecular weight is 258 g/mol. The van der Waals surface area contributed by atoms with Crippen LogP contribution in [-0.4, -0.2) is 24.0 Å². The van der Waals surface area contributed by atoms with Crippen LogP contribution in [-0.2, 0) is 4.74 Å². The highest BCUT2D eigenvalue weighted by Gasteiger charge is 2.04. The zero-order chi connectivity index (χ0) is 13.7. The van der Waals surface area contributed by atoms with E-state index in [4.69, 9.17) is 0 Å². The van der Waals surface area contributed by atoms with Gasteiger partial charge in [0, 0.05) is 10.9 Å². The topological polar surface area (TPSA) is 70.9 Å². The van der Waals surface area contributed by atoms with E-state index < -0.39 is 6.09 Å². The molecule has 0 saturated heterocycles. The number of hydrazone groups is 1. The molecule has 0 spiro atoms. The molecule has 0 heterocycles. The number of hydrogen-bond acceptors (Lipinski definition) is 4. The van der Waals surface area contributed by atoms with Gasteiger partial charge in [0.15, 0.2) is 0 Å². The zero-order valence-electron chi connectivity index (χ0n) is 10.5. The number of nitrogens with one attached hydrogen (secondary N) is 1. The van der Waals surface area contributed by atoms with Crippen molar-refractivity contribution in [2.75, 3.05) is 6.61 Å². The van der Waals surface area contributed by atoms with E-state index in [1.54, 1.807) is 13.0 Å². The molecule has 1 amide bonds. The van der Waals surface area contributed by atoms with Crippen LogP contribution in [0.1, 0.15) is 12.5 Å². The first-order chi connectivity index (χ1) is 9.22. The molecule has 98 valence electrons. The maximum absolute atomic E-state index is 11.0. The molecule has 5 nitrogen and oxygen atoms in total. The monoisotopic (exact) mass is 258 g/mol. The number of phenolic OH excluding ortho intramolecular Hbond substituents is 1. The molecule has 2 aromatic carbocycles. The SMILES string of the molecule is CCOC(=O)N/N=C\c1ccc2ccccc2c1O. The Morgan fingerprint density at radius 2 is 2.16 bits per heavy atom. The first-order valence-corrected chi connectivity index (χ1v) is 5.89. The summed E-state index contributed by atoms with van der Waals surface area (Å²) in [5, 5.41) is 15.5. The standard InChI is InChI=1S/C14H14N2O3/c1-2-19-14(18)16-15-9-11-8-7-10-5-3-4-6-12(10)13(11)17/h3-9,17H,2H2,1H3,(H,16,18)/b15-9-. The van der Waals surface area contributed by atoms with Crippen molar-refractivity contribution < 1.29 is 14.6 Å². The van der Waals surface area contributed by atoms with Crippen LogP contribution >= 0.6 is 0 Å². The van der Waals surface area contributed by atoms with Gasteiger partial charge in [0.05, 0.1) is 12.8 Å². The lowest BCUT2D eigenvalue weighted by atomic mass is 10.1. The number of aromatic hydroxyl groups is 1. The average Bonchev–Trinajstić information content (AvgIpc) is 2.42. The van der Waals surface area contributed by atoms with E-state index in [9.17, 15) is 9.90 Å². The summed E-state index contributed by atoms with van der Waals surface area (Å²) in [6.07, 6.45) is 0.748. The van der Waals surface area contributed by atoms with Crippen LogP contribution in [0.4, 0.5) is 4.79 Å². The van der Waals surface area contributed by atoms with Gasteiger partial charge in [0.2, 0.25) is 0 Å². The summed E-state index contributed by atoms with van der Waals surface area (Å²) in [6, 6.07) is 11.1. The van der Waals surface area contributed by atoms with Crippen molar-refractivity contribution >= 4 is 23.1 Å². The highest BCUT2D eigenvalue weighted by atomic mass is 16.5. The molecule has 0 fully saturated rings. The molecule has 2 aromatic rings. The van der Waals surface area contributed by atoms with Crippen LogP contribution in [0.5, 0.6) is 5.75 Å². The fourth-order valence-corrected chi connectivity index (χ4v) is 1.69. The van der Waals surface area contributed by atoms with Crippen LogP contribution < -0.4 is 5.43 Å². The molecule has 0 aromatic heterocycles. The number of nitrogens with zero attached hydrogens (tertiary/aromatic N) is 1. The van der Waals surface area contributed by atoms with E-state index in [2.05, 4.69) is 15.3 Å². The van der Waals surface area contributed by atoms with Crippen molar-refractivity contribution in [1.29, 1.82) is 0 Å². The minimum absolute atomic E-state index is 0.132. The van der Waals surface area contributed by atoms with Gasteiger partial charge in [-0.25, -0.2) is 10.2 Å². The number of hydrogen-bond donors (Lipinski definition) is 2. The Kier molecular flexibility index (Phi) is 3.97. The number of carbonyl (C=O) groups excluding carboxylic acids is 1. The van der Waals surface area contributed by atoms with Crippen LogP contribution in [0.2, 0.25) is 0 Å². The summed E-state index contributed by atoms with van der Waals surface area (Å²) in [4.78, 5) is 11.0. The number of rotatable bonds is 3. The molecule has 0 atom stereocenters. The lowest BCUT2D eigenvalue weighted by Gasteiger charge is -2.04. The normalized spacial score (nSPS) is 10.8. The van der Waals surface area contributed by atoms with Gasteiger partial charge >= 0.3 is 6.09 Å². The van der Waals surface area contributed by atoms with Gasteiger partial charge in [0.1, 0.15) is 5.75 Å². The smallest absolute Gasteiger partial charge is 0.427 e. The maximum atomic E-state index is 11.0. The summed E-state index contributed by atoms with van der Waals surface area (Å²) < 4.78 is 4.65. The first-order valence-electron chi connectivity index (χ1n) is 5.89. The minimum Gasteiger partial charge on any atom is -0.507 e. The second-order valence-electron chi connectivity index (χ2n) is 3.82. The molecule has 0 unspecified atom stereocenters. The number of benzene rings is 2. The fraction of sp³-hybridized carbons (Fsp3) is 0.143. The molecular weight excluding hydrogens is 244 g/mol.